The van der Waals surface area contributed by atoms with Gasteiger partial charge in [-0.15, -0.1) is 0 Å². The molecule has 16 heavy (non-hydrogen) atoms. The van der Waals surface area contributed by atoms with E-state index in [-0.39, 0.29) is 0 Å². The van der Waals surface area contributed by atoms with Gasteiger partial charge in [0.15, 0.2) is 0 Å². The van der Waals surface area contributed by atoms with Gasteiger partial charge in [-0.05, 0) is 25.2 Å². The summed E-state index contributed by atoms with van der Waals surface area (Å²) in [5.41, 5.74) is 6.55. The van der Waals surface area contributed by atoms with Crippen LogP contribution in [-0.2, 0) is 0 Å². The SMILES string of the molecule is CCC1SCCSC1C(N)C1CCCCC1. The first kappa shape index (κ1) is 13.1. The predicted octanol–water partition coefficient (Wildman–Crippen LogP) is 3.52. The topological polar surface area (TPSA) is 26.0 Å². The third-order valence-corrected chi connectivity index (χ3v) is 7.46. The van der Waals surface area contributed by atoms with Crippen LogP contribution in [0.15, 0.2) is 0 Å². The van der Waals surface area contributed by atoms with Crippen molar-refractivity contribution in [2.24, 2.45) is 11.7 Å². The molecule has 3 unspecified atom stereocenters. The van der Waals surface area contributed by atoms with Gasteiger partial charge in [-0.3, -0.25) is 0 Å². The quantitative estimate of drug-likeness (QED) is 0.840. The maximum atomic E-state index is 6.55. The summed E-state index contributed by atoms with van der Waals surface area (Å²) in [5.74, 6) is 3.46. The molecule has 2 N–H and O–H groups in total. The summed E-state index contributed by atoms with van der Waals surface area (Å²) in [7, 11) is 0. The van der Waals surface area contributed by atoms with E-state index in [0.29, 0.717) is 6.04 Å². The third kappa shape index (κ3) is 3.11. The Kier molecular flexibility index (Phi) is 5.37. The molecule has 2 fully saturated rings. The van der Waals surface area contributed by atoms with Gasteiger partial charge in [-0.25, -0.2) is 0 Å². The lowest BCUT2D eigenvalue weighted by Crippen LogP contribution is -2.46. The summed E-state index contributed by atoms with van der Waals surface area (Å²) in [6.07, 6.45) is 8.34. The molecule has 1 aliphatic carbocycles. The molecule has 3 atom stereocenters. The first-order valence-electron chi connectivity index (χ1n) is 6.81. The Hall–Kier alpha value is 0.660. The largest absolute Gasteiger partial charge is 0.326 e. The molecule has 1 heterocycles. The lowest BCUT2D eigenvalue weighted by atomic mass is 9.82. The highest BCUT2D eigenvalue weighted by atomic mass is 32.2. The summed E-state index contributed by atoms with van der Waals surface area (Å²) in [6.45, 7) is 2.32. The van der Waals surface area contributed by atoms with Gasteiger partial charge in [-0.1, -0.05) is 26.2 Å². The second-order valence-corrected chi connectivity index (χ2v) is 7.76. The monoisotopic (exact) mass is 259 g/mol. The maximum Gasteiger partial charge on any atom is 0.0320 e. The van der Waals surface area contributed by atoms with Crippen molar-refractivity contribution in [3.63, 3.8) is 0 Å². The molecule has 0 spiro atoms. The zero-order valence-electron chi connectivity index (χ0n) is 10.4. The van der Waals surface area contributed by atoms with Crippen LogP contribution in [0.2, 0.25) is 0 Å². The van der Waals surface area contributed by atoms with E-state index < -0.39 is 0 Å². The first-order chi connectivity index (χ1) is 7.83. The van der Waals surface area contributed by atoms with Crippen molar-refractivity contribution in [3.8, 4) is 0 Å². The van der Waals surface area contributed by atoms with E-state index in [1.807, 2.05) is 0 Å². The molecule has 1 saturated carbocycles. The lowest BCUT2D eigenvalue weighted by Gasteiger charge is -2.39. The van der Waals surface area contributed by atoms with Crippen LogP contribution in [0, 0.1) is 5.92 Å². The Balaban J connectivity index is 1.92. The van der Waals surface area contributed by atoms with Crippen molar-refractivity contribution < 1.29 is 0 Å². The number of hydrogen-bond acceptors (Lipinski definition) is 3. The Morgan fingerprint density at radius 3 is 2.50 bits per heavy atom. The predicted molar refractivity (Wildman–Crippen MR) is 77.3 cm³/mol. The van der Waals surface area contributed by atoms with E-state index in [0.717, 1.165) is 16.4 Å². The Labute approximate surface area is 109 Å². The molecule has 1 aliphatic heterocycles. The molecule has 0 radical (unpaired) electrons. The van der Waals surface area contributed by atoms with Gasteiger partial charge < -0.3 is 5.73 Å². The lowest BCUT2D eigenvalue weighted by molar-refractivity contribution is 0.297. The fraction of sp³-hybridized carbons (Fsp3) is 1.00. The minimum atomic E-state index is 0.461. The Bertz CT molecular complexity index is 204. The number of nitrogens with two attached hydrogens (primary N) is 1. The third-order valence-electron chi connectivity index (χ3n) is 4.07. The summed E-state index contributed by atoms with van der Waals surface area (Å²) < 4.78 is 0. The molecule has 3 heteroatoms. The fourth-order valence-electron chi connectivity index (χ4n) is 3.08. The van der Waals surface area contributed by atoms with Crippen molar-refractivity contribution in [3.05, 3.63) is 0 Å². The summed E-state index contributed by atoms with van der Waals surface area (Å²) in [4.78, 5) is 0. The van der Waals surface area contributed by atoms with Crippen LogP contribution in [0.1, 0.15) is 45.4 Å². The van der Waals surface area contributed by atoms with Crippen molar-refractivity contribution in [1.29, 1.82) is 0 Å². The summed E-state index contributed by atoms with van der Waals surface area (Å²) in [6, 6.07) is 0.461. The van der Waals surface area contributed by atoms with Crippen LogP contribution < -0.4 is 5.73 Å². The zero-order valence-corrected chi connectivity index (χ0v) is 12.0. The molecule has 2 rings (SSSR count). The fourth-order valence-corrected chi connectivity index (χ4v) is 6.36. The van der Waals surface area contributed by atoms with Gasteiger partial charge in [-0.2, -0.15) is 23.5 Å². The highest BCUT2D eigenvalue weighted by Crippen LogP contribution is 2.39. The summed E-state index contributed by atoms with van der Waals surface area (Å²) in [5, 5.41) is 1.54. The van der Waals surface area contributed by atoms with Crippen LogP contribution in [0.3, 0.4) is 0 Å². The van der Waals surface area contributed by atoms with Crippen LogP contribution in [-0.4, -0.2) is 28.0 Å². The van der Waals surface area contributed by atoms with Gasteiger partial charge in [0.05, 0.1) is 0 Å². The van der Waals surface area contributed by atoms with Crippen LogP contribution in [0.5, 0.6) is 0 Å². The molecule has 0 aromatic carbocycles. The van der Waals surface area contributed by atoms with Gasteiger partial charge >= 0.3 is 0 Å². The highest BCUT2D eigenvalue weighted by molar-refractivity contribution is 8.07. The second kappa shape index (κ2) is 6.55. The Morgan fingerprint density at radius 1 is 1.12 bits per heavy atom. The number of thioether (sulfide) groups is 2. The normalized spacial score (nSPS) is 34.9. The highest BCUT2D eigenvalue weighted by Gasteiger charge is 2.34. The molecule has 1 saturated heterocycles. The smallest absolute Gasteiger partial charge is 0.0320 e. The summed E-state index contributed by atoms with van der Waals surface area (Å²) >= 11 is 4.31. The average Bonchev–Trinajstić information content (AvgIpc) is 2.39. The second-order valence-electron chi connectivity index (χ2n) is 5.13. The van der Waals surface area contributed by atoms with Gasteiger partial charge in [0.2, 0.25) is 0 Å². The van der Waals surface area contributed by atoms with Crippen molar-refractivity contribution in [1.82, 2.24) is 0 Å². The molecule has 1 nitrogen and oxygen atoms in total. The molecule has 0 aromatic heterocycles. The Morgan fingerprint density at radius 2 is 1.81 bits per heavy atom. The standard InChI is InChI=1S/C13H25NS2/c1-2-11-13(16-9-8-15-11)12(14)10-6-4-3-5-7-10/h10-13H,2-9,14H2,1H3. The zero-order chi connectivity index (χ0) is 11.4. The number of hydrogen-bond donors (Lipinski definition) is 1. The van der Waals surface area contributed by atoms with E-state index in [1.54, 1.807) is 0 Å². The first-order valence-corrected chi connectivity index (χ1v) is 8.91. The van der Waals surface area contributed by atoms with E-state index in [1.165, 1.54) is 50.0 Å². The minimum absolute atomic E-state index is 0.461. The molecule has 0 amide bonds. The van der Waals surface area contributed by atoms with Crippen LogP contribution in [0.25, 0.3) is 0 Å². The van der Waals surface area contributed by atoms with Crippen LogP contribution >= 0.6 is 23.5 Å². The van der Waals surface area contributed by atoms with Crippen molar-refractivity contribution in [2.75, 3.05) is 11.5 Å². The molecular weight excluding hydrogens is 234 g/mol. The van der Waals surface area contributed by atoms with E-state index in [2.05, 4.69) is 30.4 Å². The van der Waals surface area contributed by atoms with Gasteiger partial charge in [0.1, 0.15) is 0 Å². The van der Waals surface area contributed by atoms with Crippen molar-refractivity contribution >= 4 is 23.5 Å². The number of rotatable bonds is 3. The maximum absolute atomic E-state index is 6.55. The van der Waals surface area contributed by atoms with Crippen LogP contribution in [0.4, 0.5) is 0 Å². The molecule has 0 bridgehead atoms. The minimum Gasteiger partial charge on any atom is -0.326 e. The van der Waals surface area contributed by atoms with E-state index >= 15 is 0 Å². The molecule has 2 aliphatic rings. The van der Waals surface area contributed by atoms with Gasteiger partial charge in [0, 0.05) is 28.0 Å². The van der Waals surface area contributed by atoms with E-state index in [4.69, 9.17) is 5.73 Å². The molecule has 94 valence electrons. The molecule has 0 aromatic rings. The average molecular weight is 259 g/mol. The van der Waals surface area contributed by atoms with Gasteiger partial charge in [0.25, 0.3) is 0 Å². The van der Waals surface area contributed by atoms with E-state index in [9.17, 15) is 0 Å². The van der Waals surface area contributed by atoms with Crippen molar-refractivity contribution in [2.45, 2.75) is 62.0 Å². The molecular formula is C13H25NS2.